The van der Waals surface area contributed by atoms with Gasteiger partial charge in [0.1, 0.15) is 0 Å². The first-order valence-corrected chi connectivity index (χ1v) is 8.57. The molecular formula is C21H26. The van der Waals surface area contributed by atoms with Gasteiger partial charge in [0.15, 0.2) is 0 Å². The average molecular weight is 278 g/mol. The first kappa shape index (κ1) is 14.4. The quantitative estimate of drug-likeness (QED) is 0.556. The van der Waals surface area contributed by atoms with E-state index < -0.39 is 0 Å². The molecule has 0 aromatic heterocycles. The number of hydrogen-bond donors (Lipinski definition) is 0. The van der Waals surface area contributed by atoms with Gasteiger partial charge >= 0.3 is 0 Å². The fourth-order valence-corrected chi connectivity index (χ4v) is 3.53. The van der Waals surface area contributed by atoms with Gasteiger partial charge in [-0.1, -0.05) is 55.0 Å². The smallest absolute Gasteiger partial charge is 0.0276 e. The minimum Gasteiger partial charge on any atom is -0.0620 e. The van der Waals surface area contributed by atoms with Gasteiger partial charge in [0.05, 0.1) is 0 Å². The third kappa shape index (κ3) is 3.97. The lowest BCUT2D eigenvalue weighted by atomic mass is 9.92. The predicted molar refractivity (Wildman–Crippen MR) is 90.8 cm³/mol. The molecule has 4 rings (SSSR count). The standard InChI is InChI=1S/C11H14.C10H12/c1-2-6-10-8-4-5-9-11(10)7-3-1;1-2-6-10-8-4-3-7-9(10)5-1/h4-5,8-9H,1-3,6-7H2;1-2,5-6H,3-4,7-8H2. The Hall–Kier alpha value is -1.56. The molecule has 2 aliphatic rings. The summed E-state index contributed by atoms with van der Waals surface area (Å²) in [7, 11) is 0. The average Bonchev–Trinajstić information content (AvgIpc) is 2.81. The number of benzene rings is 2. The van der Waals surface area contributed by atoms with Gasteiger partial charge in [0.25, 0.3) is 0 Å². The van der Waals surface area contributed by atoms with Crippen LogP contribution >= 0.6 is 0 Å². The summed E-state index contributed by atoms with van der Waals surface area (Å²) in [6, 6.07) is 17.7. The third-order valence-corrected chi connectivity index (χ3v) is 4.77. The SMILES string of the molecule is c1ccc2c(c1)CCCC2.c1ccc2c(c1)CCCCC2. The molecule has 21 heavy (non-hydrogen) atoms. The van der Waals surface area contributed by atoms with Crippen LogP contribution in [0, 0.1) is 0 Å². The van der Waals surface area contributed by atoms with Gasteiger partial charge in [0, 0.05) is 0 Å². The largest absolute Gasteiger partial charge is 0.0620 e. The Morgan fingerprint density at radius 3 is 1.00 bits per heavy atom. The Balaban J connectivity index is 0.000000126. The maximum Gasteiger partial charge on any atom is -0.0276 e. The van der Waals surface area contributed by atoms with Gasteiger partial charge in [-0.15, -0.1) is 0 Å². The van der Waals surface area contributed by atoms with Crippen LogP contribution in [0.2, 0.25) is 0 Å². The van der Waals surface area contributed by atoms with Gasteiger partial charge in [-0.25, -0.2) is 0 Å². The summed E-state index contributed by atoms with van der Waals surface area (Å²) in [4.78, 5) is 0. The second-order valence-corrected chi connectivity index (χ2v) is 6.31. The second kappa shape index (κ2) is 7.45. The summed E-state index contributed by atoms with van der Waals surface area (Å²) in [5.41, 5.74) is 6.33. The van der Waals surface area contributed by atoms with E-state index >= 15 is 0 Å². The molecule has 0 amide bonds. The van der Waals surface area contributed by atoms with Gasteiger partial charge in [0.2, 0.25) is 0 Å². The van der Waals surface area contributed by atoms with E-state index in [9.17, 15) is 0 Å². The zero-order chi connectivity index (χ0) is 14.3. The molecule has 2 aromatic rings. The Kier molecular flexibility index (Phi) is 5.10. The molecule has 0 saturated heterocycles. The minimum absolute atomic E-state index is 1.30. The molecule has 0 heteroatoms. The Morgan fingerprint density at radius 1 is 0.381 bits per heavy atom. The van der Waals surface area contributed by atoms with Crippen LogP contribution in [0.15, 0.2) is 48.5 Å². The molecule has 0 nitrogen and oxygen atoms in total. The molecule has 0 heterocycles. The molecule has 0 spiro atoms. The number of aryl methyl sites for hydroxylation is 4. The van der Waals surface area contributed by atoms with Crippen LogP contribution in [0.1, 0.15) is 54.4 Å². The first-order valence-electron chi connectivity index (χ1n) is 8.57. The zero-order valence-electron chi connectivity index (χ0n) is 13.0. The molecule has 0 fully saturated rings. The van der Waals surface area contributed by atoms with Crippen LogP contribution in [0.4, 0.5) is 0 Å². The van der Waals surface area contributed by atoms with E-state index in [1.807, 2.05) is 0 Å². The van der Waals surface area contributed by atoms with E-state index in [4.69, 9.17) is 0 Å². The van der Waals surface area contributed by atoms with Crippen LogP contribution in [0.5, 0.6) is 0 Å². The predicted octanol–water partition coefficient (Wildman–Crippen LogP) is 5.52. The van der Waals surface area contributed by atoms with Crippen LogP contribution < -0.4 is 0 Å². The lowest BCUT2D eigenvalue weighted by Crippen LogP contribution is -2.00. The lowest BCUT2D eigenvalue weighted by molar-refractivity contribution is 0.685. The molecular weight excluding hydrogens is 252 g/mol. The number of hydrogen-bond acceptors (Lipinski definition) is 0. The Morgan fingerprint density at radius 2 is 0.667 bits per heavy atom. The van der Waals surface area contributed by atoms with Gasteiger partial charge in [-0.2, -0.15) is 0 Å². The zero-order valence-corrected chi connectivity index (χ0v) is 13.0. The van der Waals surface area contributed by atoms with E-state index in [-0.39, 0.29) is 0 Å². The summed E-state index contributed by atoms with van der Waals surface area (Å²) in [6.07, 6.45) is 12.2. The monoisotopic (exact) mass is 278 g/mol. The molecule has 0 N–H and O–H groups in total. The van der Waals surface area contributed by atoms with Crippen LogP contribution in [0.3, 0.4) is 0 Å². The third-order valence-electron chi connectivity index (χ3n) is 4.77. The summed E-state index contributed by atoms with van der Waals surface area (Å²) in [5, 5.41) is 0. The highest BCUT2D eigenvalue weighted by Gasteiger charge is 2.06. The first-order chi connectivity index (χ1) is 10.4. The summed E-state index contributed by atoms with van der Waals surface area (Å²) in [5.74, 6) is 0. The van der Waals surface area contributed by atoms with Gasteiger partial charge in [-0.05, 0) is 73.6 Å². The van der Waals surface area contributed by atoms with Crippen molar-refractivity contribution >= 4 is 0 Å². The number of rotatable bonds is 0. The summed E-state index contributed by atoms with van der Waals surface area (Å²) in [6.45, 7) is 0. The minimum atomic E-state index is 1.30. The van der Waals surface area contributed by atoms with E-state index in [1.54, 1.807) is 22.3 Å². The van der Waals surface area contributed by atoms with E-state index in [2.05, 4.69) is 48.5 Å². The van der Waals surface area contributed by atoms with Crippen molar-refractivity contribution in [2.75, 3.05) is 0 Å². The molecule has 2 aromatic carbocycles. The second-order valence-electron chi connectivity index (χ2n) is 6.31. The fourth-order valence-electron chi connectivity index (χ4n) is 3.53. The molecule has 0 saturated carbocycles. The van der Waals surface area contributed by atoms with Crippen molar-refractivity contribution in [3.05, 3.63) is 70.8 Å². The van der Waals surface area contributed by atoms with Crippen LogP contribution in [-0.2, 0) is 25.7 Å². The summed E-state index contributed by atoms with van der Waals surface area (Å²) < 4.78 is 0. The Bertz CT molecular complexity index is 518. The van der Waals surface area contributed by atoms with E-state index in [1.165, 1.54) is 57.8 Å². The fraction of sp³-hybridized carbons (Fsp3) is 0.429. The highest BCUT2D eigenvalue weighted by Crippen LogP contribution is 2.20. The van der Waals surface area contributed by atoms with Crippen molar-refractivity contribution in [2.45, 2.75) is 57.8 Å². The van der Waals surface area contributed by atoms with Crippen molar-refractivity contribution in [1.82, 2.24) is 0 Å². The normalized spacial score (nSPS) is 16.8. The lowest BCUT2D eigenvalue weighted by Gasteiger charge is -2.13. The molecule has 0 bridgehead atoms. The van der Waals surface area contributed by atoms with Crippen LogP contribution in [0.25, 0.3) is 0 Å². The van der Waals surface area contributed by atoms with E-state index in [0.29, 0.717) is 0 Å². The van der Waals surface area contributed by atoms with Crippen molar-refractivity contribution in [2.24, 2.45) is 0 Å². The molecule has 0 unspecified atom stereocenters. The molecule has 0 aliphatic heterocycles. The molecule has 0 radical (unpaired) electrons. The highest BCUT2D eigenvalue weighted by atomic mass is 14.1. The maximum absolute atomic E-state index is 2.28. The van der Waals surface area contributed by atoms with Crippen molar-refractivity contribution in [1.29, 1.82) is 0 Å². The Labute approximate surface area is 129 Å². The van der Waals surface area contributed by atoms with Gasteiger partial charge in [-0.3, -0.25) is 0 Å². The highest BCUT2D eigenvalue weighted by molar-refractivity contribution is 5.29. The van der Waals surface area contributed by atoms with Crippen molar-refractivity contribution in [3.63, 3.8) is 0 Å². The van der Waals surface area contributed by atoms with Crippen molar-refractivity contribution < 1.29 is 0 Å². The molecule has 0 atom stereocenters. The summed E-state index contributed by atoms with van der Waals surface area (Å²) >= 11 is 0. The topological polar surface area (TPSA) is 0 Å². The molecule has 2 aliphatic carbocycles. The maximum atomic E-state index is 2.28. The molecule has 110 valence electrons. The van der Waals surface area contributed by atoms with Crippen molar-refractivity contribution in [3.8, 4) is 0 Å². The van der Waals surface area contributed by atoms with Crippen LogP contribution in [-0.4, -0.2) is 0 Å². The van der Waals surface area contributed by atoms with E-state index in [0.717, 1.165) is 0 Å². The van der Waals surface area contributed by atoms with Gasteiger partial charge < -0.3 is 0 Å². The number of fused-ring (bicyclic) bond motifs is 2.